The first-order valence-corrected chi connectivity index (χ1v) is 10.7. The van der Waals surface area contributed by atoms with Gasteiger partial charge in [-0.2, -0.15) is 0 Å². The topological polar surface area (TPSA) is 47.6 Å². The number of anilines is 1. The van der Waals surface area contributed by atoms with Gasteiger partial charge in [-0.25, -0.2) is 0 Å². The number of amides is 1. The Morgan fingerprint density at radius 3 is 2.68 bits per heavy atom. The Balaban J connectivity index is 0.00000272. The Morgan fingerprint density at radius 1 is 1.19 bits per heavy atom. The van der Waals surface area contributed by atoms with Gasteiger partial charge >= 0.3 is 0 Å². The van der Waals surface area contributed by atoms with Gasteiger partial charge in [-0.15, -0.1) is 0 Å². The van der Waals surface area contributed by atoms with Crippen molar-refractivity contribution in [2.24, 2.45) is 0 Å². The molecular weight excluding hydrogens is 435 g/mol. The van der Waals surface area contributed by atoms with Crippen molar-refractivity contribution >= 4 is 29.3 Å². The van der Waals surface area contributed by atoms with Crippen LogP contribution in [0.15, 0.2) is 48.0 Å². The molecule has 1 fully saturated rings. The van der Waals surface area contributed by atoms with Crippen molar-refractivity contribution in [1.82, 2.24) is 0 Å². The number of nitrogens with one attached hydrogen (secondary N) is 1. The van der Waals surface area contributed by atoms with Crippen LogP contribution in [0.1, 0.15) is 24.0 Å². The first-order valence-electron chi connectivity index (χ1n) is 10.3. The number of nitrogens with zero attached hydrogens (tertiary/aromatic N) is 1. The summed E-state index contributed by atoms with van der Waals surface area (Å²) in [6.07, 6.45) is 4.52. The SMILES string of the molecule is C[N+](C)(Cc1ccc(NC(=O)C2=Cc3cc(Cl)ccc3OC2)cc1)CC1CCCO1.[Cl-]. The predicted molar refractivity (Wildman–Crippen MR) is 120 cm³/mol. The van der Waals surface area contributed by atoms with Gasteiger partial charge in [-0.05, 0) is 49.2 Å². The number of carbonyl (C=O) groups is 1. The summed E-state index contributed by atoms with van der Waals surface area (Å²) in [5.74, 6) is 0.576. The summed E-state index contributed by atoms with van der Waals surface area (Å²) in [6, 6.07) is 13.5. The molecule has 0 radical (unpaired) electrons. The quantitative estimate of drug-likeness (QED) is 0.661. The van der Waals surface area contributed by atoms with E-state index in [1.165, 1.54) is 12.0 Å². The number of quaternary nitrogens is 1. The largest absolute Gasteiger partial charge is 1.00 e. The van der Waals surface area contributed by atoms with E-state index >= 15 is 0 Å². The highest BCUT2D eigenvalue weighted by atomic mass is 35.5. The number of likely N-dealkylation sites (N-methyl/N-ethyl adjacent to an activating group) is 1. The number of halogens is 2. The van der Waals surface area contributed by atoms with Crippen LogP contribution in [-0.2, 0) is 16.1 Å². The molecule has 4 rings (SSSR count). The summed E-state index contributed by atoms with van der Waals surface area (Å²) in [5, 5.41) is 3.58. The van der Waals surface area contributed by atoms with Crippen molar-refractivity contribution in [1.29, 1.82) is 0 Å². The average molecular weight is 463 g/mol. The fourth-order valence-corrected chi connectivity index (χ4v) is 4.26. The van der Waals surface area contributed by atoms with Gasteiger partial charge in [0.05, 0.1) is 19.7 Å². The number of rotatable bonds is 6. The minimum absolute atomic E-state index is 0. The summed E-state index contributed by atoms with van der Waals surface area (Å²) in [5.41, 5.74) is 3.40. The van der Waals surface area contributed by atoms with Crippen LogP contribution in [0.4, 0.5) is 5.69 Å². The molecule has 0 aliphatic carbocycles. The maximum absolute atomic E-state index is 12.7. The van der Waals surface area contributed by atoms with Crippen molar-refractivity contribution in [3.05, 3.63) is 64.2 Å². The molecule has 0 spiro atoms. The van der Waals surface area contributed by atoms with Crippen LogP contribution in [0.2, 0.25) is 5.02 Å². The standard InChI is InChI=1S/C24H27ClN2O3.ClH/c1-27(2,15-22-4-3-11-29-22)14-17-5-8-21(9-6-17)26-24(28)19-12-18-13-20(25)7-10-23(18)30-16-19;/h5-10,12-13,22H,3-4,11,14-16H2,1-2H3;1H. The van der Waals surface area contributed by atoms with Crippen LogP contribution < -0.4 is 22.5 Å². The highest BCUT2D eigenvalue weighted by molar-refractivity contribution is 6.30. The highest BCUT2D eigenvalue weighted by Crippen LogP contribution is 2.29. The molecule has 7 heteroatoms. The summed E-state index contributed by atoms with van der Waals surface area (Å²) in [4.78, 5) is 12.7. The number of hydrogen-bond acceptors (Lipinski definition) is 3. The van der Waals surface area contributed by atoms with Gasteiger partial charge in [-0.1, -0.05) is 23.7 Å². The number of carbonyl (C=O) groups excluding carboxylic acids is 1. The second-order valence-corrected chi connectivity index (χ2v) is 9.14. The van der Waals surface area contributed by atoms with Crippen molar-refractivity contribution in [3.8, 4) is 5.75 Å². The van der Waals surface area contributed by atoms with E-state index in [1.54, 1.807) is 12.1 Å². The maximum Gasteiger partial charge on any atom is 0.255 e. The van der Waals surface area contributed by atoms with E-state index in [4.69, 9.17) is 21.1 Å². The number of hydrogen-bond donors (Lipinski definition) is 1. The fraction of sp³-hybridized carbons (Fsp3) is 0.375. The van der Waals surface area contributed by atoms with E-state index in [1.807, 2.05) is 24.3 Å². The van der Waals surface area contributed by atoms with Crippen molar-refractivity contribution in [2.45, 2.75) is 25.5 Å². The Hall–Kier alpha value is -2.05. The van der Waals surface area contributed by atoms with Gasteiger partial charge in [0.15, 0.2) is 0 Å². The second kappa shape index (κ2) is 10.0. The molecule has 1 amide bonds. The van der Waals surface area contributed by atoms with E-state index in [0.29, 0.717) is 16.7 Å². The minimum atomic E-state index is -0.164. The summed E-state index contributed by atoms with van der Waals surface area (Å²) < 4.78 is 12.3. The third-order valence-corrected chi connectivity index (χ3v) is 5.76. The molecule has 2 heterocycles. The van der Waals surface area contributed by atoms with Gasteiger partial charge in [-0.3, -0.25) is 4.79 Å². The lowest BCUT2D eigenvalue weighted by Crippen LogP contribution is -3.00. The van der Waals surface area contributed by atoms with Crippen LogP contribution in [0.25, 0.3) is 6.08 Å². The van der Waals surface area contributed by atoms with Crippen LogP contribution in [0, 0.1) is 0 Å². The van der Waals surface area contributed by atoms with Crippen molar-refractivity contribution in [3.63, 3.8) is 0 Å². The van der Waals surface area contributed by atoms with E-state index in [9.17, 15) is 4.79 Å². The fourth-order valence-electron chi connectivity index (χ4n) is 4.08. The summed E-state index contributed by atoms with van der Waals surface area (Å²) in [6.45, 7) is 3.06. The molecule has 2 aliphatic heterocycles. The van der Waals surface area contributed by atoms with Crippen LogP contribution in [-0.4, -0.2) is 50.3 Å². The van der Waals surface area contributed by atoms with Gasteiger partial charge < -0.3 is 31.7 Å². The van der Waals surface area contributed by atoms with Crippen LogP contribution in [0.5, 0.6) is 5.75 Å². The predicted octanol–water partition coefficient (Wildman–Crippen LogP) is 1.51. The Morgan fingerprint density at radius 2 is 1.97 bits per heavy atom. The Bertz CT molecular complexity index is 952. The first-order chi connectivity index (χ1) is 14.4. The monoisotopic (exact) mass is 462 g/mol. The molecule has 0 aromatic heterocycles. The number of benzene rings is 2. The van der Waals surface area contributed by atoms with E-state index in [2.05, 4.69) is 31.5 Å². The molecule has 31 heavy (non-hydrogen) atoms. The molecule has 166 valence electrons. The normalized spacial score (nSPS) is 17.8. The maximum atomic E-state index is 12.7. The molecule has 0 saturated carbocycles. The molecule has 1 N–H and O–H groups in total. The van der Waals surface area contributed by atoms with Crippen molar-refractivity contribution in [2.75, 3.05) is 39.2 Å². The molecule has 0 bridgehead atoms. The lowest BCUT2D eigenvalue weighted by molar-refractivity contribution is -0.906. The molecule has 5 nitrogen and oxygen atoms in total. The molecule has 2 aromatic rings. The zero-order chi connectivity index (χ0) is 21.1. The van der Waals surface area contributed by atoms with Gasteiger partial charge in [0.2, 0.25) is 0 Å². The molecule has 1 unspecified atom stereocenters. The zero-order valence-corrected chi connectivity index (χ0v) is 19.4. The molecule has 2 aliphatic rings. The molecular formula is C24H28Cl2N2O3. The lowest BCUT2D eigenvalue weighted by atomic mass is 10.1. The first kappa shape index (κ1) is 23.6. The summed E-state index contributed by atoms with van der Waals surface area (Å²) in [7, 11) is 4.47. The highest BCUT2D eigenvalue weighted by Gasteiger charge is 2.26. The van der Waals surface area contributed by atoms with Crippen LogP contribution >= 0.6 is 11.6 Å². The molecule has 1 atom stereocenters. The van der Waals surface area contributed by atoms with E-state index in [-0.39, 0.29) is 24.9 Å². The minimum Gasteiger partial charge on any atom is -1.00 e. The Kier molecular flexibility index (Phi) is 7.65. The number of ether oxygens (including phenoxy) is 2. The molecule has 2 aromatic carbocycles. The van der Waals surface area contributed by atoms with Gasteiger partial charge in [0.25, 0.3) is 5.91 Å². The Labute approximate surface area is 195 Å². The van der Waals surface area contributed by atoms with Gasteiger partial charge in [0, 0.05) is 28.4 Å². The summed E-state index contributed by atoms with van der Waals surface area (Å²) >= 11 is 6.05. The van der Waals surface area contributed by atoms with Crippen molar-refractivity contribution < 1.29 is 31.2 Å². The third-order valence-electron chi connectivity index (χ3n) is 5.52. The number of fused-ring (bicyclic) bond motifs is 1. The lowest BCUT2D eigenvalue weighted by Gasteiger charge is -2.32. The zero-order valence-electron chi connectivity index (χ0n) is 17.9. The smallest absolute Gasteiger partial charge is 0.255 e. The van der Waals surface area contributed by atoms with E-state index in [0.717, 1.165) is 47.6 Å². The van der Waals surface area contributed by atoms with Gasteiger partial charge in [0.1, 0.15) is 31.5 Å². The third kappa shape index (κ3) is 6.23. The van der Waals surface area contributed by atoms with Crippen LogP contribution in [0.3, 0.4) is 0 Å². The average Bonchev–Trinajstić information content (AvgIpc) is 3.20. The molecule has 1 saturated heterocycles. The van der Waals surface area contributed by atoms with E-state index < -0.39 is 0 Å². The second-order valence-electron chi connectivity index (χ2n) is 8.70.